The summed E-state index contributed by atoms with van der Waals surface area (Å²) in [6.45, 7) is 5.75. The summed E-state index contributed by atoms with van der Waals surface area (Å²) in [5, 5.41) is -3.35. The summed E-state index contributed by atoms with van der Waals surface area (Å²) in [4.78, 5) is 18.1. The van der Waals surface area contributed by atoms with E-state index in [2.05, 4.69) is 135 Å². The average Bonchev–Trinajstić information content (AvgIpc) is 2.64. The van der Waals surface area contributed by atoms with Crippen LogP contribution < -0.4 is 9.64 Å². The summed E-state index contributed by atoms with van der Waals surface area (Å²) >= 11 is 0. The standard InChI is InChI=1S/C18H43B15N2O4/c1-11(2,3)38-10(36)35-14(23,24)12(19,20)34(13(21,22)15(35,25)26)8-4-6-9(7-5-8)37-16(27,28)17(29,30)39-18(31,32)33/h4-7H,19-33H2,1-3H3. The molecule has 0 spiro atoms. The smallest absolute Gasteiger partial charge is 0.408 e. The van der Waals surface area contributed by atoms with Crippen molar-refractivity contribution in [1.29, 1.82) is 0 Å². The van der Waals surface area contributed by atoms with Crippen molar-refractivity contribution in [2.75, 3.05) is 4.90 Å². The van der Waals surface area contributed by atoms with E-state index in [9.17, 15) is 4.79 Å². The normalized spacial score (nSPS) is 20.6. The molecule has 1 aromatic rings. The molecule has 0 radical (unpaired) electrons. The molecule has 0 bridgehead atoms. The number of amides is 1. The van der Waals surface area contributed by atoms with Crippen molar-refractivity contribution in [3.8, 4) is 5.75 Å². The summed E-state index contributed by atoms with van der Waals surface area (Å²) in [5.41, 5.74) is 0.496. The molecule has 1 aliphatic rings. The molecule has 1 saturated heterocycles. The number of anilines is 1. The SMILES string of the molecule is BC(B)(B)OC(B)(B)C(B)(B)Oc1ccc(N2C(B)(B)C(B)(B)N(C(=O)OC(C)(C)C)C(B)(B)C2(B)B)cc1. The van der Waals surface area contributed by atoms with Gasteiger partial charge in [-0.05, 0) is 71.7 Å². The Morgan fingerprint density at radius 3 is 1.46 bits per heavy atom. The second-order valence-corrected chi connectivity index (χ2v) is 16.2. The fourth-order valence-corrected chi connectivity index (χ4v) is 5.87. The summed E-state index contributed by atoms with van der Waals surface area (Å²) in [6, 6.07) is 8.33. The molecule has 194 valence electrons. The molecule has 1 aliphatic heterocycles. The van der Waals surface area contributed by atoms with Gasteiger partial charge in [0.25, 0.3) is 0 Å². The Labute approximate surface area is 251 Å². The maximum absolute atomic E-state index is 13.7. The van der Waals surface area contributed by atoms with Gasteiger partial charge in [-0.2, -0.15) is 0 Å². The van der Waals surface area contributed by atoms with Gasteiger partial charge in [-0.15, -0.1) is 0 Å². The zero-order chi connectivity index (χ0) is 30.8. The van der Waals surface area contributed by atoms with Crippen LogP contribution in [0.3, 0.4) is 0 Å². The van der Waals surface area contributed by atoms with Crippen LogP contribution in [-0.4, -0.2) is 172 Å². The summed E-state index contributed by atoms with van der Waals surface area (Å²) in [6.07, 6.45) is -0.288. The van der Waals surface area contributed by atoms with E-state index in [0.717, 1.165) is 11.4 Å². The van der Waals surface area contributed by atoms with E-state index in [4.69, 9.17) is 14.2 Å². The third-order valence-corrected chi connectivity index (χ3v) is 9.29. The van der Waals surface area contributed by atoms with Gasteiger partial charge in [0.15, 0.2) is 0 Å². The van der Waals surface area contributed by atoms with Crippen molar-refractivity contribution in [3.63, 3.8) is 0 Å². The summed E-state index contributed by atoms with van der Waals surface area (Å²) < 4.78 is 18.8. The van der Waals surface area contributed by atoms with E-state index in [1.807, 2.05) is 37.8 Å². The summed E-state index contributed by atoms with van der Waals surface area (Å²) in [7, 11) is 31.9. The maximum atomic E-state index is 13.7. The van der Waals surface area contributed by atoms with E-state index in [1.54, 1.807) is 0 Å². The number of carbonyl (C=O) groups is 1. The molecule has 1 heterocycles. The first kappa shape index (κ1) is 34.2. The minimum atomic E-state index is -0.579. The number of benzene rings is 1. The second kappa shape index (κ2) is 10.1. The molecule has 2 rings (SSSR count). The molecule has 39 heavy (non-hydrogen) atoms. The lowest BCUT2D eigenvalue weighted by molar-refractivity contribution is 0.000711. The third-order valence-electron chi connectivity index (χ3n) is 9.29. The van der Waals surface area contributed by atoms with Crippen LogP contribution in [0.2, 0.25) is 0 Å². The van der Waals surface area contributed by atoms with Crippen molar-refractivity contribution in [1.82, 2.24) is 4.90 Å². The fraction of sp³-hybridized carbons (Fsp3) is 0.611. The molecule has 0 unspecified atom stereocenters. The quantitative estimate of drug-likeness (QED) is 0.354. The van der Waals surface area contributed by atoms with Gasteiger partial charge in [0.2, 0.25) is 0 Å². The highest BCUT2D eigenvalue weighted by atomic mass is 16.6. The Morgan fingerprint density at radius 1 is 0.692 bits per heavy atom. The van der Waals surface area contributed by atoms with Gasteiger partial charge < -0.3 is 24.0 Å². The number of ether oxygens (including phenoxy) is 3. The van der Waals surface area contributed by atoms with E-state index in [1.165, 1.54) is 0 Å². The van der Waals surface area contributed by atoms with Gasteiger partial charge in [0.05, 0.1) is 5.40 Å². The fourth-order valence-electron chi connectivity index (χ4n) is 5.87. The predicted molar refractivity (Wildman–Crippen MR) is 206 cm³/mol. The molecular formula is C18H43B15N2O4. The van der Waals surface area contributed by atoms with Crippen LogP contribution in [0, 0.1) is 0 Å². The Bertz CT molecular complexity index is 1040. The maximum Gasteiger partial charge on any atom is 0.408 e. The predicted octanol–water partition coefficient (Wildman–Crippen LogP) is -12.8. The molecule has 1 amide bonds. The van der Waals surface area contributed by atoms with Crippen LogP contribution in [0.1, 0.15) is 20.8 Å². The Hall–Kier alpha value is -0.976. The molecule has 0 atom stereocenters. The topological polar surface area (TPSA) is 51.2 Å². The molecule has 1 aromatic carbocycles. The number of piperazine rings is 1. The monoisotopic (exact) mass is 516 g/mol. The van der Waals surface area contributed by atoms with Crippen molar-refractivity contribution in [2.45, 2.75) is 63.8 Å². The Morgan fingerprint density at radius 2 is 1.10 bits per heavy atom. The molecule has 0 aliphatic carbocycles. The van der Waals surface area contributed by atoms with E-state index in [-0.39, 0.29) is 11.4 Å². The molecule has 6 nitrogen and oxygen atoms in total. The lowest BCUT2D eigenvalue weighted by atomic mass is 9.26. The van der Waals surface area contributed by atoms with Gasteiger partial charge in [0.1, 0.15) is 129 Å². The molecule has 1 fully saturated rings. The van der Waals surface area contributed by atoms with Gasteiger partial charge >= 0.3 is 6.09 Å². The zero-order valence-electron chi connectivity index (χ0n) is 28.3. The first-order valence-electron chi connectivity index (χ1n) is 14.3. The van der Waals surface area contributed by atoms with Gasteiger partial charge in [-0.3, -0.25) is 0 Å². The number of rotatable bonds is 6. The van der Waals surface area contributed by atoms with E-state index in [0.29, 0.717) is 0 Å². The largest absolute Gasteiger partial charge is 0.504 e. The first-order chi connectivity index (χ1) is 17.0. The van der Waals surface area contributed by atoms with Crippen molar-refractivity contribution < 1.29 is 19.0 Å². The van der Waals surface area contributed by atoms with Gasteiger partial charge in [0, 0.05) is 11.1 Å². The number of nitrogens with zero attached hydrogens (tertiary/aromatic N) is 2. The lowest BCUT2D eigenvalue weighted by Gasteiger charge is -2.74. The van der Waals surface area contributed by atoms with Crippen LogP contribution in [-0.2, 0) is 9.47 Å². The van der Waals surface area contributed by atoms with Crippen molar-refractivity contribution >= 4 is 129 Å². The van der Waals surface area contributed by atoms with Crippen LogP contribution in [0.4, 0.5) is 10.5 Å². The second-order valence-electron chi connectivity index (χ2n) is 16.2. The zero-order valence-corrected chi connectivity index (χ0v) is 28.3. The lowest BCUT2D eigenvalue weighted by Crippen LogP contribution is -2.93. The number of hydrogen-bond acceptors (Lipinski definition) is 5. The van der Waals surface area contributed by atoms with Gasteiger partial charge in [-0.1, -0.05) is 0 Å². The number of carbonyl (C=O) groups excluding carboxylic acids is 1. The minimum absolute atomic E-state index is 0.286. The van der Waals surface area contributed by atoms with Crippen LogP contribution in [0.5, 0.6) is 5.75 Å². The molecule has 0 saturated carbocycles. The highest BCUT2D eigenvalue weighted by molar-refractivity contribution is 6.63. The van der Waals surface area contributed by atoms with Crippen LogP contribution in [0.25, 0.3) is 0 Å². The highest BCUT2D eigenvalue weighted by Crippen LogP contribution is 2.46. The third kappa shape index (κ3) is 6.43. The average molecular weight is 514 g/mol. The van der Waals surface area contributed by atoms with Crippen LogP contribution in [0.15, 0.2) is 24.3 Å². The van der Waals surface area contributed by atoms with E-state index >= 15 is 0 Å². The highest BCUT2D eigenvalue weighted by Gasteiger charge is 2.63. The molecule has 21 heteroatoms. The van der Waals surface area contributed by atoms with Gasteiger partial charge in [-0.25, -0.2) is 4.79 Å². The van der Waals surface area contributed by atoms with Crippen molar-refractivity contribution in [2.24, 2.45) is 0 Å². The first-order valence-corrected chi connectivity index (χ1v) is 14.3. The molecular weight excluding hydrogens is 470 g/mol. The number of hydrogen-bond donors (Lipinski definition) is 0. The molecule has 0 aromatic heterocycles. The molecule has 0 N–H and O–H groups in total. The minimum Gasteiger partial charge on any atom is -0.504 e. The summed E-state index contributed by atoms with van der Waals surface area (Å²) in [5.74, 6) is 0.788. The van der Waals surface area contributed by atoms with Crippen molar-refractivity contribution in [3.05, 3.63) is 24.3 Å². The van der Waals surface area contributed by atoms with E-state index < -0.39 is 37.8 Å². The Kier molecular flexibility index (Phi) is 8.85. The van der Waals surface area contributed by atoms with Crippen LogP contribution >= 0.6 is 0 Å². The Balaban J connectivity index is 2.51.